The molecule has 0 amide bonds. The summed E-state index contributed by atoms with van der Waals surface area (Å²) in [6.07, 6.45) is 4.58. The third-order valence-corrected chi connectivity index (χ3v) is 8.86. The molecular formula is C20H38O7S3. The Morgan fingerprint density at radius 3 is 1.50 bits per heavy atom. The fourth-order valence-corrected chi connectivity index (χ4v) is 7.43. The smallest absolute Gasteiger partial charge is 0.325 e. The largest absolute Gasteiger partial charge is 0.481 e. The van der Waals surface area contributed by atoms with E-state index in [0.717, 1.165) is 25.7 Å². The summed E-state index contributed by atoms with van der Waals surface area (Å²) in [6.45, 7) is 7.88. The standard InChI is InChI=1S/C20H38O7S3/c1-5-9-11-15(28-7-3)13-20(19(23)24,17(18(21)22)30(25,26)27)14-16(29-8-4)12-10-6-2/h15-17H,5-14H2,1-4H3,(H,21,22)(H,23,24)(H,25,26,27). The lowest BCUT2D eigenvalue weighted by Crippen LogP contribution is -2.53. The molecule has 0 aromatic heterocycles. The van der Waals surface area contributed by atoms with E-state index in [1.165, 1.54) is 23.5 Å². The topological polar surface area (TPSA) is 129 Å². The van der Waals surface area contributed by atoms with Crippen LogP contribution in [0.1, 0.15) is 79.1 Å². The van der Waals surface area contributed by atoms with Crippen molar-refractivity contribution in [2.24, 2.45) is 5.41 Å². The highest BCUT2D eigenvalue weighted by Crippen LogP contribution is 2.44. The number of hydrogen-bond donors (Lipinski definition) is 3. The van der Waals surface area contributed by atoms with Crippen molar-refractivity contribution in [3.8, 4) is 0 Å². The maximum atomic E-state index is 12.6. The summed E-state index contributed by atoms with van der Waals surface area (Å²) in [5.41, 5.74) is -2.10. The molecule has 0 spiro atoms. The minimum atomic E-state index is -5.13. The van der Waals surface area contributed by atoms with Crippen molar-refractivity contribution in [1.29, 1.82) is 0 Å². The Labute approximate surface area is 189 Å². The molecule has 0 aliphatic heterocycles. The molecule has 10 heteroatoms. The molecule has 3 N–H and O–H groups in total. The molecule has 0 aliphatic rings. The Bertz CT molecular complexity index is 602. The van der Waals surface area contributed by atoms with E-state index in [1.807, 2.05) is 27.7 Å². The molecule has 3 atom stereocenters. The second-order valence-corrected chi connectivity index (χ2v) is 12.2. The quantitative estimate of drug-likeness (QED) is 0.234. The predicted molar refractivity (Wildman–Crippen MR) is 125 cm³/mol. The lowest BCUT2D eigenvalue weighted by molar-refractivity contribution is -0.156. The minimum Gasteiger partial charge on any atom is -0.481 e. The number of hydrogen-bond acceptors (Lipinski definition) is 6. The van der Waals surface area contributed by atoms with Crippen LogP contribution in [-0.4, -0.2) is 62.4 Å². The third-order valence-electron chi connectivity index (χ3n) is 5.20. The number of carbonyl (C=O) groups is 2. The molecule has 0 bridgehead atoms. The van der Waals surface area contributed by atoms with Crippen molar-refractivity contribution < 1.29 is 32.8 Å². The summed E-state index contributed by atoms with van der Waals surface area (Å²) < 4.78 is 34.0. The van der Waals surface area contributed by atoms with Crippen LogP contribution < -0.4 is 0 Å². The summed E-state index contributed by atoms with van der Waals surface area (Å²) in [7, 11) is -5.13. The highest BCUT2D eigenvalue weighted by atomic mass is 32.2. The van der Waals surface area contributed by atoms with E-state index in [-0.39, 0.29) is 23.3 Å². The van der Waals surface area contributed by atoms with Gasteiger partial charge in [0.25, 0.3) is 10.1 Å². The zero-order chi connectivity index (χ0) is 23.4. The first-order valence-electron chi connectivity index (χ1n) is 10.7. The van der Waals surface area contributed by atoms with Gasteiger partial charge in [0.05, 0.1) is 5.41 Å². The van der Waals surface area contributed by atoms with Crippen LogP contribution in [0.4, 0.5) is 0 Å². The average molecular weight is 487 g/mol. The molecule has 178 valence electrons. The second-order valence-electron chi connectivity index (χ2n) is 7.54. The van der Waals surface area contributed by atoms with Gasteiger partial charge in [-0.1, -0.05) is 53.4 Å². The molecule has 0 fully saturated rings. The lowest BCUT2D eigenvalue weighted by atomic mass is 9.74. The Morgan fingerprint density at radius 1 is 0.867 bits per heavy atom. The molecule has 0 aromatic rings. The summed E-state index contributed by atoms with van der Waals surface area (Å²) in [5, 5.41) is 17.1. The molecular weight excluding hydrogens is 448 g/mol. The molecule has 0 saturated heterocycles. The van der Waals surface area contributed by atoms with E-state index < -0.39 is 32.7 Å². The third kappa shape index (κ3) is 9.36. The Balaban J connectivity index is 6.44. The highest BCUT2D eigenvalue weighted by molar-refractivity contribution is 8.00. The van der Waals surface area contributed by atoms with Crippen LogP contribution in [0, 0.1) is 5.41 Å². The van der Waals surface area contributed by atoms with Gasteiger partial charge in [0.15, 0.2) is 5.25 Å². The lowest BCUT2D eigenvalue weighted by Gasteiger charge is -2.38. The van der Waals surface area contributed by atoms with Gasteiger partial charge in [0.2, 0.25) is 0 Å². The predicted octanol–water partition coefficient (Wildman–Crippen LogP) is 4.80. The zero-order valence-electron chi connectivity index (χ0n) is 18.5. The van der Waals surface area contributed by atoms with E-state index >= 15 is 0 Å². The summed E-state index contributed by atoms with van der Waals surface area (Å²) >= 11 is 3.04. The van der Waals surface area contributed by atoms with Crippen LogP contribution in [0.15, 0.2) is 0 Å². The average Bonchev–Trinajstić information content (AvgIpc) is 2.62. The maximum absolute atomic E-state index is 12.6. The molecule has 0 rings (SSSR count). The number of thioether (sulfide) groups is 2. The van der Waals surface area contributed by atoms with Crippen molar-refractivity contribution in [2.75, 3.05) is 11.5 Å². The Kier molecular flexibility index (Phi) is 14.4. The van der Waals surface area contributed by atoms with Crippen molar-refractivity contribution in [2.45, 2.75) is 94.8 Å². The minimum absolute atomic E-state index is 0.107. The number of rotatable bonds is 18. The van der Waals surface area contributed by atoms with E-state index in [1.54, 1.807) is 0 Å². The van der Waals surface area contributed by atoms with Gasteiger partial charge in [0, 0.05) is 10.5 Å². The van der Waals surface area contributed by atoms with Crippen LogP contribution in [-0.2, 0) is 19.7 Å². The Hall–Kier alpha value is -0.450. The SMILES string of the molecule is CCCCC(CC(CC(CCCC)SCC)(C(=O)O)C(C(=O)O)S(=O)(=O)O)SCC. The van der Waals surface area contributed by atoms with E-state index in [4.69, 9.17) is 0 Å². The van der Waals surface area contributed by atoms with Gasteiger partial charge in [-0.3, -0.25) is 14.1 Å². The molecule has 0 aromatic carbocycles. The van der Waals surface area contributed by atoms with Crippen LogP contribution in [0.3, 0.4) is 0 Å². The molecule has 0 radical (unpaired) electrons. The van der Waals surface area contributed by atoms with E-state index in [0.29, 0.717) is 24.3 Å². The summed E-state index contributed by atoms with van der Waals surface area (Å²) in [6, 6.07) is 0. The van der Waals surface area contributed by atoms with Crippen molar-refractivity contribution in [3.63, 3.8) is 0 Å². The van der Waals surface area contributed by atoms with Crippen LogP contribution in [0.25, 0.3) is 0 Å². The normalized spacial score (nSPS) is 17.1. The molecule has 7 nitrogen and oxygen atoms in total. The zero-order valence-corrected chi connectivity index (χ0v) is 21.0. The Morgan fingerprint density at radius 2 is 1.27 bits per heavy atom. The maximum Gasteiger partial charge on any atom is 0.325 e. The number of carboxylic acids is 2. The van der Waals surface area contributed by atoms with Gasteiger partial charge < -0.3 is 10.2 Å². The molecule has 0 heterocycles. The van der Waals surface area contributed by atoms with E-state index in [2.05, 4.69) is 0 Å². The van der Waals surface area contributed by atoms with Gasteiger partial charge in [-0.25, -0.2) is 0 Å². The van der Waals surface area contributed by atoms with Crippen LogP contribution in [0.5, 0.6) is 0 Å². The summed E-state index contributed by atoms with van der Waals surface area (Å²) in [5.74, 6) is -1.87. The van der Waals surface area contributed by atoms with Gasteiger partial charge in [-0.05, 0) is 37.2 Å². The van der Waals surface area contributed by atoms with E-state index in [9.17, 15) is 32.8 Å². The number of aliphatic carboxylic acids is 2. The highest BCUT2D eigenvalue weighted by Gasteiger charge is 2.57. The van der Waals surface area contributed by atoms with Gasteiger partial charge in [-0.2, -0.15) is 31.9 Å². The van der Waals surface area contributed by atoms with Crippen LogP contribution >= 0.6 is 23.5 Å². The molecule has 3 unspecified atom stereocenters. The fraction of sp³-hybridized carbons (Fsp3) is 0.900. The van der Waals surface area contributed by atoms with Gasteiger partial charge >= 0.3 is 11.9 Å². The first-order valence-corrected chi connectivity index (χ1v) is 14.3. The van der Waals surface area contributed by atoms with Gasteiger partial charge in [0.1, 0.15) is 0 Å². The first-order chi connectivity index (χ1) is 14.0. The van der Waals surface area contributed by atoms with Gasteiger partial charge in [-0.15, -0.1) is 0 Å². The van der Waals surface area contributed by atoms with Crippen molar-refractivity contribution in [3.05, 3.63) is 0 Å². The molecule has 30 heavy (non-hydrogen) atoms. The molecule has 0 aliphatic carbocycles. The van der Waals surface area contributed by atoms with Crippen molar-refractivity contribution in [1.82, 2.24) is 0 Å². The second kappa shape index (κ2) is 14.6. The van der Waals surface area contributed by atoms with Crippen molar-refractivity contribution >= 4 is 45.6 Å². The van der Waals surface area contributed by atoms with Crippen LogP contribution in [0.2, 0.25) is 0 Å². The fourth-order valence-electron chi connectivity index (χ4n) is 3.87. The number of carboxylic acid groups (broad SMARTS) is 2. The first kappa shape index (κ1) is 29.5. The number of unbranched alkanes of at least 4 members (excludes halogenated alkanes) is 2. The molecule has 0 saturated carbocycles. The monoisotopic (exact) mass is 486 g/mol. The summed E-state index contributed by atoms with van der Waals surface area (Å²) in [4.78, 5) is 24.6.